The molecule has 114 valence electrons. The molecule has 0 amide bonds. The third-order valence-electron chi connectivity index (χ3n) is 2.66. The molecule has 9 heteroatoms. The molecule has 5 nitrogen and oxygen atoms in total. The lowest BCUT2D eigenvalue weighted by Gasteiger charge is -2.27. The van der Waals surface area contributed by atoms with Gasteiger partial charge in [-0.25, -0.2) is 8.42 Å². The standard InChI is InChI=1S/C11H15Br2NO4S2/c1-4-5-11(2,10(15)18-3)14-20(16,17)7-6-8(12)19-9(7)13/h6,14H,4-5H2,1-3H3. The second-order valence-corrected chi connectivity index (χ2v) is 9.77. The monoisotopic (exact) mass is 447 g/mol. The molecular weight excluding hydrogens is 434 g/mol. The minimum Gasteiger partial charge on any atom is -0.468 e. The van der Waals surface area contributed by atoms with Crippen molar-refractivity contribution in [2.75, 3.05) is 7.11 Å². The number of hydrogen-bond donors (Lipinski definition) is 1. The number of hydrogen-bond acceptors (Lipinski definition) is 5. The van der Waals surface area contributed by atoms with Crippen molar-refractivity contribution in [3.8, 4) is 0 Å². The zero-order valence-electron chi connectivity index (χ0n) is 11.2. The van der Waals surface area contributed by atoms with Crippen molar-refractivity contribution in [3.63, 3.8) is 0 Å². The Hall–Kier alpha value is 0.0400. The van der Waals surface area contributed by atoms with Gasteiger partial charge in [0.2, 0.25) is 10.0 Å². The van der Waals surface area contributed by atoms with Crippen LogP contribution in [0, 0.1) is 0 Å². The maximum absolute atomic E-state index is 12.4. The number of carbonyl (C=O) groups excluding carboxylic acids is 1. The number of rotatable bonds is 6. The van der Waals surface area contributed by atoms with Crippen LogP contribution in [0.15, 0.2) is 18.5 Å². The lowest BCUT2D eigenvalue weighted by Crippen LogP contribution is -2.52. The Balaban J connectivity index is 3.16. The van der Waals surface area contributed by atoms with E-state index in [9.17, 15) is 13.2 Å². The topological polar surface area (TPSA) is 72.5 Å². The zero-order chi connectivity index (χ0) is 15.6. The Kier molecular flexibility index (Phi) is 6.21. The molecular formula is C11H15Br2NO4S2. The fourth-order valence-electron chi connectivity index (χ4n) is 1.78. The van der Waals surface area contributed by atoms with Crippen LogP contribution < -0.4 is 4.72 Å². The summed E-state index contributed by atoms with van der Waals surface area (Å²) in [5.74, 6) is -0.603. The lowest BCUT2D eigenvalue weighted by atomic mass is 9.98. The molecule has 1 rings (SSSR count). The van der Waals surface area contributed by atoms with Crippen molar-refractivity contribution in [1.29, 1.82) is 0 Å². The molecule has 0 aliphatic rings. The third-order valence-corrected chi connectivity index (χ3v) is 7.01. The summed E-state index contributed by atoms with van der Waals surface area (Å²) in [6, 6.07) is 1.49. The number of nitrogens with one attached hydrogen (secondary N) is 1. The van der Waals surface area contributed by atoms with E-state index < -0.39 is 21.5 Å². The van der Waals surface area contributed by atoms with Crippen molar-refractivity contribution in [2.24, 2.45) is 0 Å². The Bertz CT molecular complexity index is 600. The van der Waals surface area contributed by atoms with Gasteiger partial charge in [-0.1, -0.05) is 13.3 Å². The van der Waals surface area contributed by atoms with Gasteiger partial charge in [0.25, 0.3) is 0 Å². The largest absolute Gasteiger partial charge is 0.468 e. The fraction of sp³-hybridized carbons (Fsp3) is 0.545. The van der Waals surface area contributed by atoms with Gasteiger partial charge >= 0.3 is 5.97 Å². The summed E-state index contributed by atoms with van der Waals surface area (Å²) < 4.78 is 33.1. The van der Waals surface area contributed by atoms with Crippen LogP contribution in [0.1, 0.15) is 26.7 Å². The highest BCUT2D eigenvalue weighted by atomic mass is 79.9. The number of carbonyl (C=O) groups is 1. The molecule has 0 aliphatic carbocycles. The zero-order valence-corrected chi connectivity index (χ0v) is 16.0. The summed E-state index contributed by atoms with van der Waals surface area (Å²) in [4.78, 5) is 12.0. The maximum atomic E-state index is 12.4. The maximum Gasteiger partial charge on any atom is 0.326 e. The molecule has 1 unspecified atom stereocenters. The van der Waals surface area contributed by atoms with Crippen molar-refractivity contribution in [2.45, 2.75) is 37.1 Å². The van der Waals surface area contributed by atoms with Gasteiger partial charge in [-0.2, -0.15) is 4.72 Å². The summed E-state index contributed by atoms with van der Waals surface area (Å²) in [6.07, 6.45) is 0.991. The van der Waals surface area contributed by atoms with Crippen molar-refractivity contribution in [1.82, 2.24) is 4.72 Å². The van der Waals surface area contributed by atoms with E-state index in [0.717, 1.165) is 0 Å². The molecule has 1 heterocycles. The molecule has 0 saturated heterocycles. The van der Waals surface area contributed by atoms with E-state index in [4.69, 9.17) is 4.74 Å². The Morgan fingerprint density at radius 3 is 2.50 bits per heavy atom. The van der Waals surface area contributed by atoms with Gasteiger partial charge in [0, 0.05) is 0 Å². The molecule has 0 saturated carbocycles. The first-order valence-corrected chi connectivity index (χ1v) is 9.62. The van der Waals surface area contributed by atoms with Gasteiger partial charge in [0.05, 0.1) is 14.7 Å². The van der Waals surface area contributed by atoms with E-state index in [1.807, 2.05) is 6.92 Å². The van der Waals surface area contributed by atoms with Crippen LogP contribution in [0.4, 0.5) is 0 Å². The highest BCUT2D eigenvalue weighted by Crippen LogP contribution is 2.35. The van der Waals surface area contributed by atoms with E-state index >= 15 is 0 Å². The molecule has 1 N–H and O–H groups in total. The van der Waals surface area contributed by atoms with Gasteiger partial charge in [-0.05, 0) is 51.3 Å². The summed E-state index contributed by atoms with van der Waals surface area (Å²) in [5.41, 5.74) is -1.28. The van der Waals surface area contributed by atoms with Gasteiger partial charge in [-0.3, -0.25) is 4.79 Å². The Morgan fingerprint density at radius 1 is 1.50 bits per heavy atom. The summed E-state index contributed by atoms with van der Waals surface area (Å²) >= 11 is 7.69. The van der Waals surface area contributed by atoms with Gasteiger partial charge < -0.3 is 4.74 Å². The van der Waals surface area contributed by atoms with Crippen LogP contribution >= 0.6 is 43.2 Å². The Labute approximate surface area is 139 Å². The molecule has 0 radical (unpaired) electrons. The minimum atomic E-state index is -3.82. The highest BCUT2D eigenvalue weighted by Gasteiger charge is 2.39. The van der Waals surface area contributed by atoms with Crippen LogP contribution in [0.3, 0.4) is 0 Å². The Morgan fingerprint density at radius 2 is 2.10 bits per heavy atom. The molecule has 0 fully saturated rings. The average molecular weight is 449 g/mol. The molecule has 20 heavy (non-hydrogen) atoms. The molecule has 1 aromatic rings. The van der Waals surface area contributed by atoms with E-state index in [2.05, 4.69) is 36.6 Å². The van der Waals surface area contributed by atoms with E-state index in [-0.39, 0.29) is 4.90 Å². The quantitative estimate of drug-likeness (QED) is 0.677. The van der Waals surface area contributed by atoms with Crippen molar-refractivity contribution in [3.05, 3.63) is 13.6 Å². The number of esters is 1. The van der Waals surface area contributed by atoms with Crippen LogP contribution in [-0.4, -0.2) is 27.0 Å². The number of ether oxygens (including phenoxy) is 1. The first-order chi connectivity index (χ1) is 9.16. The number of sulfonamides is 1. The summed E-state index contributed by atoms with van der Waals surface area (Å²) in [6.45, 7) is 3.39. The molecule has 0 bridgehead atoms. The van der Waals surface area contributed by atoms with Crippen molar-refractivity contribution >= 4 is 59.2 Å². The van der Waals surface area contributed by atoms with E-state index in [0.29, 0.717) is 20.4 Å². The molecule has 1 aromatic heterocycles. The van der Waals surface area contributed by atoms with E-state index in [1.54, 1.807) is 0 Å². The molecule has 0 spiro atoms. The smallest absolute Gasteiger partial charge is 0.326 e. The molecule has 0 aliphatic heterocycles. The van der Waals surface area contributed by atoms with Gasteiger partial charge in [-0.15, -0.1) is 11.3 Å². The predicted octanol–water partition coefficient (Wildman–Crippen LogP) is 3.28. The number of halogens is 2. The van der Waals surface area contributed by atoms with Crippen LogP contribution in [0.25, 0.3) is 0 Å². The second kappa shape index (κ2) is 6.87. The van der Waals surface area contributed by atoms with Crippen molar-refractivity contribution < 1.29 is 17.9 Å². The lowest BCUT2D eigenvalue weighted by molar-refractivity contribution is -0.147. The molecule has 1 atom stereocenters. The number of methoxy groups -OCH3 is 1. The minimum absolute atomic E-state index is 0.0978. The first-order valence-electron chi connectivity index (χ1n) is 5.73. The molecule has 0 aromatic carbocycles. The van der Waals surface area contributed by atoms with Crippen LogP contribution in [0.2, 0.25) is 0 Å². The van der Waals surface area contributed by atoms with Gasteiger partial charge in [0.1, 0.15) is 10.4 Å². The predicted molar refractivity (Wildman–Crippen MR) is 85.4 cm³/mol. The SMILES string of the molecule is CCCC(C)(NS(=O)(=O)c1cc(Br)sc1Br)C(=O)OC. The first kappa shape index (κ1) is 18.1. The van der Waals surface area contributed by atoms with Crippen LogP contribution in [0.5, 0.6) is 0 Å². The number of thiophene rings is 1. The van der Waals surface area contributed by atoms with Gasteiger partial charge in [0.15, 0.2) is 0 Å². The summed E-state index contributed by atoms with van der Waals surface area (Å²) in [7, 11) is -2.58. The normalized spacial score (nSPS) is 14.8. The fourth-order valence-corrected chi connectivity index (χ4v) is 6.98. The second-order valence-electron chi connectivity index (χ2n) is 4.37. The third kappa shape index (κ3) is 4.03. The summed E-state index contributed by atoms with van der Waals surface area (Å²) in [5, 5.41) is 0. The average Bonchev–Trinajstić information content (AvgIpc) is 2.67. The van der Waals surface area contributed by atoms with Crippen LogP contribution in [-0.2, 0) is 19.6 Å². The van der Waals surface area contributed by atoms with E-state index in [1.165, 1.54) is 31.4 Å². The highest BCUT2D eigenvalue weighted by molar-refractivity contribution is 9.12.